The van der Waals surface area contributed by atoms with Gasteiger partial charge >= 0.3 is 0 Å². The quantitative estimate of drug-likeness (QED) is 0.636. The molecule has 88 valence electrons. The van der Waals surface area contributed by atoms with Crippen LogP contribution in [0.3, 0.4) is 0 Å². The lowest BCUT2D eigenvalue weighted by Gasteiger charge is -2.41. The van der Waals surface area contributed by atoms with Gasteiger partial charge in [-0.3, -0.25) is 4.90 Å². The molecule has 2 rings (SSSR count). The first-order valence-corrected chi connectivity index (χ1v) is 7.08. The third kappa shape index (κ3) is 2.55. The van der Waals surface area contributed by atoms with E-state index in [-0.39, 0.29) is 0 Å². The maximum atomic E-state index is 2.85. The highest BCUT2D eigenvalue weighted by Crippen LogP contribution is 2.36. The number of piperidine rings is 1. The first kappa shape index (κ1) is 11.4. The zero-order valence-corrected chi connectivity index (χ0v) is 10.5. The summed E-state index contributed by atoms with van der Waals surface area (Å²) in [6.07, 6.45) is 11.6. The van der Waals surface area contributed by atoms with Crippen LogP contribution in [0.25, 0.3) is 0 Å². The normalized spacial score (nSPS) is 36.8. The second-order valence-electron chi connectivity index (χ2n) is 5.65. The molecule has 0 amide bonds. The molecule has 0 aliphatic carbocycles. The van der Waals surface area contributed by atoms with E-state index < -0.39 is 0 Å². The van der Waals surface area contributed by atoms with Crippen LogP contribution in [0.2, 0.25) is 0 Å². The Morgan fingerprint density at radius 1 is 1.13 bits per heavy atom. The molecule has 3 atom stereocenters. The van der Waals surface area contributed by atoms with Crippen molar-refractivity contribution in [3.05, 3.63) is 0 Å². The number of hydrogen-bond acceptors (Lipinski definition) is 1. The molecule has 0 unspecified atom stereocenters. The summed E-state index contributed by atoms with van der Waals surface area (Å²) in [5.41, 5.74) is 0. The minimum atomic E-state index is 0.945. The first-order chi connectivity index (χ1) is 7.33. The molecular weight excluding hydrogens is 182 g/mol. The van der Waals surface area contributed by atoms with Gasteiger partial charge in [-0.1, -0.05) is 33.1 Å². The van der Waals surface area contributed by atoms with Crippen LogP contribution in [-0.4, -0.2) is 23.5 Å². The lowest BCUT2D eigenvalue weighted by atomic mass is 9.85. The van der Waals surface area contributed by atoms with Crippen molar-refractivity contribution in [3.63, 3.8) is 0 Å². The highest BCUT2D eigenvalue weighted by Gasteiger charge is 2.37. The highest BCUT2D eigenvalue weighted by molar-refractivity contribution is 4.92. The summed E-state index contributed by atoms with van der Waals surface area (Å²) in [6, 6.07) is 1.89. The summed E-state index contributed by atoms with van der Waals surface area (Å²) in [6.45, 7) is 6.17. The Balaban J connectivity index is 1.84. The van der Waals surface area contributed by atoms with Gasteiger partial charge in [-0.25, -0.2) is 0 Å². The SMILES string of the molecule is CCCCC[C@@H]1CC[C@H](C)[C@@H]2CCCN12. The third-order valence-corrected chi connectivity index (χ3v) is 4.56. The zero-order valence-electron chi connectivity index (χ0n) is 10.5. The van der Waals surface area contributed by atoms with E-state index in [1.807, 2.05) is 0 Å². The Bertz CT molecular complexity index is 190. The molecule has 0 aromatic carbocycles. The van der Waals surface area contributed by atoms with Gasteiger partial charge in [-0.2, -0.15) is 0 Å². The van der Waals surface area contributed by atoms with Crippen LogP contribution in [0, 0.1) is 5.92 Å². The number of rotatable bonds is 4. The van der Waals surface area contributed by atoms with Gasteiger partial charge in [0.15, 0.2) is 0 Å². The van der Waals surface area contributed by atoms with Crippen LogP contribution in [0.4, 0.5) is 0 Å². The predicted molar refractivity (Wildman–Crippen MR) is 66.1 cm³/mol. The van der Waals surface area contributed by atoms with Gasteiger partial charge < -0.3 is 0 Å². The Kier molecular flexibility index (Phi) is 4.07. The van der Waals surface area contributed by atoms with E-state index in [1.165, 1.54) is 57.9 Å². The van der Waals surface area contributed by atoms with Crippen LogP contribution in [0.5, 0.6) is 0 Å². The molecule has 1 nitrogen and oxygen atoms in total. The minimum absolute atomic E-state index is 0.945. The molecular formula is C14H27N. The van der Waals surface area contributed by atoms with Crippen molar-refractivity contribution in [3.8, 4) is 0 Å². The standard InChI is InChI=1S/C14H27N/c1-3-4-5-7-13-10-9-12(2)14-8-6-11-15(13)14/h12-14H,3-11H2,1-2H3/t12-,13+,14-/m0/s1. The summed E-state index contributed by atoms with van der Waals surface area (Å²) in [7, 11) is 0. The molecule has 0 N–H and O–H groups in total. The van der Waals surface area contributed by atoms with E-state index >= 15 is 0 Å². The van der Waals surface area contributed by atoms with Gasteiger partial charge in [0.2, 0.25) is 0 Å². The fourth-order valence-electron chi connectivity index (χ4n) is 3.63. The van der Waals surface area contributed by atoms with Crippen LogP contribution >= 0.6 is 0 Å². The molecule has 2 heterocycles. The molecule has 1 heteroatoms. The molecule has 15 heavy (non-hydrogen) atoms. The largest absolute Gasteiger partial charge is 0.297 e. The summed E-state index contributed by atoms with van der Waals surface area (Å²) in [5.74, 6) is 0.968. The Labute approximate surface area is 95.2 Å². The summed E-state index contributed by atoms with van der Waals surface area (Å²) in [4.78, 5) is 2.85. The van der Waals surface area contributed by atoms with E-state index in [1.54, 1.807) is 0 Å². The van der Waals surface area contributed by atoms with Gasteiger partial charge in [-0.15, -0.1) is 0 Å². The summed E-state index contributed by atoms with van der Waals surface area (Å²) >= 11 is 0. The molecule has 0 saturated carbocycles. The zero-order chi connectivity index (χ0) is 10.7. The highest BCUT2D eigenvalue weighted by atomic mass is 15.2. The van der Waals surface area contributed by atoms with Gasteiger partial charge in [-0.05, 0) is 44.6 Å². The molecule has 0 aromatic rings. The summed E-state index contributed by atoms with van der Waals surface area (Å²) < 4.78 is 0. The number of hydrogen-bond donors (Lipinski definition) is 0. The fourth-order valence-corrected chi connectivity index (χ4v) is 3.63. The fraction of sp³-hybridized carbons (Fsp3) is 1.00. The predicted octanol–water partition coefficient (Wildman–Crippen LogP) is 3.83. The van der Waals surface area contributed by atoms with E-state index in [4.69, 9.17) is 0 Å². The van der Waals surface area contributed by atoms with Gasteiger partial charge in [0.1, 0.15) is 0 Å². The molecule has 0 bridgehead atoms. The van der Waals surface area contributed by atoms with Crippen LogP contribution in [0.15, 0.2) is 0 Å². The molecule has 2 aliphatic heterocycles. The average Bonchev–Trinajstić information content (AvgIpc) is 2.71. The van der Waals surface area contributed by atoms with Crippen molar-refractivity contribution < 1.29 is 0 Å². The molecule has 2 aliphatic rings. The van der Waals surface area contributed by atoms with Crippen molar-refractivity contribution in [1.82, 2.24) is 4.90 Å². The third-order valence-electron chi connectivity index (χ3n) is 4.56. The van der Waals surface area contributed by atoms with E-state index in [2.05, 4.69) is 18.7 Å². The topological polar surface area (TPSA) is 3.24 Å². The van der Waals surface area contributed by atoms with E-state index in [9.17, 15) is 0 Å². The lowest BCUT2D eigenvalue weighted by molar-refractivity contribution is 0.0751. The van der Waals surface area contributed by atoms with Gasteiger partial charge in [0.25, 0.3) is 0 Å². The monoisotopic (exact) mass is 209 g/mol. The van der Waals surface area contributed by atoms with Crippen LogP contribution < -0.4 is 0 Å². The van der Waals surface area contributed by atoms with Crippen LogP contribution in [0.1, 0.15) is 65.2 Å². The maximum Gasteiger partial charge on any atom is 0.0124 e. The average molecular weight is 209 g/mol. The molecule has 0 spiro atoms. The minimum Gasteiger partial charge on any atom is -0.297 e. The van der Waals surface area contributed by atoms with Crippen molar-refractivity contribution in [2.24, 2.45) is 5.92 Å². The Morgan fingerprint density at radius 2 is 2.00 bits per heavy atom. The number of nitrogens with zero attached hydrogens (tertiary/aromatic N) is 1. The summed E-state index contributed by atoms with van der Waals surface area (Å²) in [5, 5.41) is 0. The van der Waals surface area contributed by atoms with Crippen molar-refractivity contribution in [2.75, 3.05) is 6.54 Å². The number of unbranched alkanes of at least 4 members (excludes halogenated alkanes) is 2. The van der Waals surface area contributed by atoms with Gasteiger partial charge in [0.05, 0.1) is 0 Å². The molecule has 0 radical (unpaired) electrons. The Hall–Kier alpha value is -0.0400. The smallest absolute Gasteiger partial charge is 0.0124 e. The first-order valence-electron chi connectivity index (χ1n) is 7.08. The van der Waals surface area contributed by atoms with Gasteiger partial charge in [0, 0.05) is 12.1 Å². The maximum absolute atomic E-state index is 2.85. The van der Waals surface area contributed by atoms with Crippen LogP contribution in [-0.2, 0) is 0 Å². The second-order valence-corrected chi connectivity index (χ2v) is 5.65. The van der Waals surface area contributed by atoms with Crippen molar-refractivity contribution in [2.45, 2.75) is 77.3 Å². The molecule has 2 saturated heterocycles. The van der Waals surface area contributed by atoms with Crippen molar-refractivity contribution >= 4 is 0 Å². The Morgan fingerprint density at radius 3 is 2.80 bits per heavy atom. The lowest BCUT2D eigenvalue weighted by Crippen LogP contribution is -2.46. The molecule has 0 aromatic heterocycles. The molecule has 2 fully saturated rings. The van der Waals surface area contributed by atoms with E-state index in [0.29, 0.717) is 0 Å². The van der Waals surface area contributed by atoms with E-state index in [0.717, 1.165) is 18.0 Å². The number of fused-ring (bicyclic) bond motifs is 1. The second kappa shape index (κ2) is 5.34. The van der Waals surface area contributed by atoms with Crippen molar-refractivity contribution in [1.29, 1.82) is 0 Å².